The van der Waals surface area contributed by atoms with Gasteiger partial charge in [0, 0.05) is 19.7 Å². The zero-order chi connectivity index (χ0) is 9.10. The molecule has 2 rings (SSSR count). The Morgan fingerprint density at radius 2 is 2.38 bits per heavy atom. The second kappa shape index (κ2) is 3.74. The summed E-state index contributed by atoms with van der Waals surface area (Å²) in [6.07, 6.45) is 2.94. The molecule has 0 aliphatic carbocycles. The minimum atomic E-state index is 0.240. The molecule has 2 N–H and O–H groups in total. The lowest BCUT2D eigenvalue weighted by atomic mass is 10.1. The molecule has 0 saturated heterocycles. The van der Waals surface area contributed by atoms with Crippen molar-refractivity contribution in [1.29, 1.82) is 0 Å². The molecule has 5 heteroatoms. The number of hydrogen-bond donors (Lipinski definition) is 2. The number of nitrogens with one attached hydrogen (secondary N) is 1. The van der Waals surface area contributed by atoms with Crippen molar-refractivity contribution in [3.8, 4) is 0 Å². The van der Waals surface area contributed by atoms with Crippen LogP contribution >= 0.6 is 0 Å². The van der Waals surface area contributed by atoms with Gasteiger partial charge in [-0.25, -0.2) is 0 Å². The molecule has 0 spiro atoms. The number of fused-ring (bicyclic) bond motifs is 1. The zero-order valence-electron chi connectivity index (χ0n) is 7.53. The van der Waals surface area contributed by atoms with E-state index in [0.717, 1.165) is 43.9 Å². The standard InChI is InChI=1S/C8H14N4O/c13-6-2-5-12-4-1-3-7-8(12)10-11-9-7/h13H,1-6H2,(H,9,10,11). The molecule has 72 valence electrons. The molecule has 1 aromatic heterocycles. The molecule has 0 saturated carbocycles. The van der Waals surface area contributed by atoms with Gasteiger partial charge in [-0.1, -0.05) is 0 Å². The Labute approximate surface area is 76.8 Å². The van der Waals surface area contributed by atoms with Gasteiger partial charge in [0.15, 0.2) is 5.82 Å². The Bertz CT molecular complexity index is 273. The van der Waals surface area contributed by atoms with Gasteiger partial charge >= 0.3 is 0 Å². The Morgan fingerprint density at radius 1 is 1.46 bits per heavy atom. The maximum absolute atomic E-state index is 8.72. The predicted molar refractivity (Wildman–Crippen MR) is 48.6 cm³/mol. The summed E-state index contributed by atoms with van der Waals surface area (Å²) in [6.45, 7) is 2.14. The van der Waals surface area contributed by atoms with Crippen LogP contribution in [0.1, 0.15) is 18.5 Å². The van der Waals surface area contributed by atoms with Crippen LogP contribution in [0.25, 0.3) is 0 Å². The zero-order valence-corrected chi connectivity index (χ0v) is 7.53. The lowest BCUT2D eigenvalue weighted by Gasteiger charge is -2.25. The van der Waals surface area contributed by atoms with Crippen LogP contribution in [-0.4, -0.2) is 40.2 Å². The molecule has 1 aliphatic heterocycles. The second-order valence-corrected chi connectivity index (χ2v) is 3.26. The fourth-order valence-electron chi connectivity index (χ4n) is 1.69. The minimum Gasteiger partial charge on any atom is -0.396 e. The number of hydrogen-bond acceptors (Lipinski definition) is 4. The van der Waals surface area contributed by atoms with Crippen LogP contribution in [0.3, 0.4) is 0 Å². The van der Waals surface area contributed by atoms with Crippen LogP contribution in [-0.2, 0) is 6.42 Å². The number of aromatic nitrogens is 3. The van der Waals surface area contributed by atoms with Gasteiger partial charge in [0.2, 0.25) is 0 Å². The largest absolute Gasteiger partial charge is 0.396 e. The van der Waals surface area contributed by atoms with Crippen molar-refractivity contribution in [2.45, 2.75) is 19.3 Å². The van der Waals surface area contributed by atoms with E-state index in [1.807, 2.05) is 0 Å². The van der Waals surface area contributed by atoms with Crippen LogP contribution in [0.2, 0.25) is 0 Å². The van der Waals surface area contributed by atoms with Crippen molar-refractivity contribution in [3.63, 3.8) is 0 Å². The summed E-state index contributed by atoms with van der Waals surface area (Å²) in [5, 5.41) is 19.5. The van der Waals surface area contributed by atoms with Gasteiger partial charge in [-0.15, -0.1) is 5.10 Å². The smallest absolute Gasteiger partial charge is 0.174 e. The van der Waals surface area contributed by atoms with Crippen molar-refractivity contribution in [3.05, 3.63) is 5.69 Å². The Morgan fingerprint density at radius 3 is 3.23 bits per heavy atom. The molecule has 0 bridgehead atoms. The normalized spacial score (nSPS) is 15.9. The fraction of sp³-hybridized carbons (Fsp3) is 0.750. The van der Waals surface area contributed by atoms with Crippen molar-refractivity contribution in [1.82, 2.24) is 15.4 Å². The average molecular weight is 182 g/mol. The van der Waals surface area contributed by atoms with Gasteiger partial charge in [0.05, 0.1) is 0 Å². The van der Waals surface area contributed by atoms with Gasteiger partial charge < -0.3 is 10.0 Å². The first-order chi connectivity index (χ1) is 6.42. The van der Waals surface area contributed by atoms with Crippen LogP contribution in [0.5, 0.6) is 0 Å². The van der Waals surface area contributed by atoms with E-state index in [1.54, 1.807) is 0 Å². The van der Waals surface area contributed by atoms with Crippen LogP contribution in [0, 0.1) is 0 Å². The third-order valence-electron chi connectivity index (χ3n) is 2.33. The highest BCUT2D eigenvalue weighted by molar-refractivity contribution is 5.44. The van der Waals surface area contributed by atoms with Gasteiger partial charge in [0.25, 0.3) is 0 Å². The quantitative estimate of drug-likeness (QED) is 0.687. The number of rotatable bonds is 3. The summed E-state index contributed by atoms with van der Waals surface area (Å²) in [4.78, 5) is 2.18. The van der Waals surface area contributed by atoms with Crippen molar-refractivity contribution < 1.29 is 5.11 Å². The summed E-state index contributed by atoms with van der Waals surface area (Å²) in [6, 6.07) is 0. The van der Waals surface area contributed by atoms with Crippen LogP contribution in [0.15, 0.2) is 0 Å². The molecule has 5 nitrogen and oxygen atoms in total. The van der Waals surface area contributed by atoms with E-state index in [0.29, 0.717) is 0 Å². The van der Waals surface area contributed by atoms with E-state index in [2.05, 4.69) is 20.3 Å². The maximum atomic E-state index is 8.72. The molecule has 0 atom stereocenters. The minimum absolute atomic E-state index is 0.240. The highest BCUT2D eigenvalue weighted by Gasteiger charge is 2.19. The maximum Gasteiger partial charge on any atom is 0.174 e. The van der Waals surface area contributed by atoms with E-state index in [9.17, 15) is 0 Å². The Hall–Kier alpha value is -1.10. The van der Waals surface area contributed by atoms with Gasteiger partial charge in [-0.05, 0) is 19.3 Å². The summed E-state index contributed by atoms with van der Waals surface area (Å²) in [5.41, 5.74) is 1.06. The lowest BCUT2D eigenvalue weighted by molar-refractivity contribution is 0.289. The van der Waals surface area contributed by atoms with Crippen LogP contribution in [0.4, 0.5) is 5.82 Å². The number of aliphatic hydroxyl groups is 1. The summed E-state index contributed by atoms with van der Waals surface area (Å²) < 4.78 is 0. The van der Waals surface area contributed by atoms with E-state index in [1.165, 1.54) is 0 Å². The third kappa shape index (κ3) is 1.65. The number of H-pyrrole nitrogens is 1. The predicted octanol–water partition coefficient (Wildman–Crippen LogP) is -0.0603. The Balaban J connectivity index is 2.07. The van der Waals surface area contributed by atoms with E-state index < -0.39 is 0 Å². The first-order valence-corrected chi connectivity index (χ1v) is 4.67. The second-order valence-electron chi connectivity index (χ2n) is 3.26. The molecule has 2 heterocycles. The van der Waals surface area contributed by atoms with Crippen molar-refractivity contribution >= 4 is 5.82 Å². The fourth-order valence-corrected chi connectivity index (χ4v) is 1.69. The summed E-state index contributed by atoms with van der Waals surface area (Å²) in [7, 11) is 0. The van der Waals surface area contributed by atoms with E-state index >= 15 is 0 Å². The molecule has 13 heavy (non-hydrogen) atoms. The summed E-state index contributed by atoms with van der Waals surface area (Å²) in [5.74, 6) is 0.972. The lowest BCUT2D eigenvalue weighted by Crippen LogP contribution is -2.30. The third-order valence-corrected chi connectivity index (χ3v) is 2.33. The number of aliphatic hydroxyl groups excluding tert-OH is 1. The average Bonchev–Trinajstić information content (AvgIpc) is 2.62. The van der Waals surface area contributed by atoms with E-state index in [-0.39, 0.29) is 6.61 Å². The molecule has 0 radical (unpaired) electrons. The number of nitrogens with zero attached hydrogens (tertiary/aromatic N) is 3. The molecule has 1 aliphatic rings. The van der Waals surface area contributed by atoms with Gasteiger partial charge in [0.1, 0.15) is 5.69 Å². The highest BCUT2D eigenvalue weighted by atomic mass is 16.3. The number of aromatic amines is 1. The SMILES string of the molecule is OCCCN1CCCc2n[nH]nc21. The molecule has 1 aromatic rings. The molecule has 0 unspecified atom stereocenters. The van der Waals surface area contributed by atoms with Gasteiger partial charge in [-0.3, -0.25) is 0 Å². The molecule has 0 fully saturated rings. The first kappa shape index (κ1) is 8.50. The molecule has 0 aromatic carbocycles. The monoisotopic (exact) mass is 182 g/mol. The van der Waals surface area contributed by atoms with E-state index in [4.69, 9.17) is 5.11 Å². The van der Waals surface area contributed by atoms with Crippen LogP contribution < -0.4 is 4.90 Å². The molecule has 0 amide bonds. The first-order valence-electron chi connectivity index (χ1n) is 4.67. The van der Waals surface area contributed by atoms with Crippen molar-refractivity contribution in [2.75, 3.05) is 24.6 Å². The molecular weight excluding hydrogens is 168 g/mol. The molecular formula is C8H14N4O. The Kier molecular flexibility index (Phi) is 2.44. The topological polar surface area (TPSA) is 65.0 Å². The summed E-state index contributed by atoms with van der Waals surface area (Å²) >= 11 is 0. The van der Waals surface area contributed by atoms with Crippen molar-refractivity contribution in [2.24, 2.45) is 0 Å². The highest BCUT2D eigenvalue weighted by Crippen LogP contribution is 2.21. The van der Waals surface area contributed by atoms with Gasteiger partial charge in [-0.2, -0.15) is 10.3 Å². The number of anilines is 1. The number of aryl methyl sites for hydroxylation is 1.